The van der Waals surface area contributed by atoms with Crippen molar-refractivity contribution < 1.29 is 22.4 Å². The van der Waals surface area contributed by atoms with Crippen LogP contribution in [0.3, 0.4) is 0 Å². The van der Waals surface area contributed by atoms with Crippen LogP contribution < -0.4 is 9.46 Å². The van der Waals surface area contributed by atoms with Crippen molar-refractivity contribution in [2.75, 3.05) is 13.7 Å². The maximum absolute atomic E-state index is 13.4. The van der Waals surface area contributed by atoms with Crippen molar-refractivity contribution in [3.63, 3.8) is 0 Å². The second-order valence-corrected chi connectivity index (χ2v) is 9.65. The first-order chi connectivity index (χ1) is 15.4. The fraction of sp³-hybridized carbons (Fsp3) is 0.250. The third kappa shape index (κ3) is 5.34. The second kappa shape index (κ2) is 9.79. The molecule has 1 heterocycles. The molecule has 0 saturated carbocycles. The Morgan fingerprint density at radius 2 is 1.78 bits per heavy atom. The van der Waals surface area contributed by atoms with Gasteiger partial charge in [0.05, 0.1) is 12.6 Å². The Morgan fingerprint density at radius 1 is 1.03 bits per heavy atom. The Balaban J connectivity index is 1.49. The molecular formula is C24H25FN2O4S. The Morgan fingerprint density at radius 3 is 2.56 bits per heavy atom. The van der Waals surface area contributed by atoms with Gasteiger partial charge in [0.25, 0.3) is 0 Å². The van der Waals surface area contributed by atoms with Crippen LogP contribution in [0.4, 0.5) is 4.39 Å². The molecular weight excluding hydrogens is 431 g/mol. The van der Waals surface area contributed by atoms with Crippen molar-refractivity contribution >= 4 is 10.0 Å². The number of rotatable bonds is 8. The van der Waals surface area contributed by atoms with Crippen LogP contribution in [0, 0.1) is 5.82 Å². The molecule has 6 nitrogen and oxygen atoms in total. The Kier molecular flexibility index (Phi) is 6.86. The molecule has 2 atom stereocenters. The predicted molar refractivity (Wildman–Crippen MR) is 120 cm³/mol. The molecule has 0 aliphatic carbocycles. The molecule has 32 heavy (non-hydrogen) atoms. The molecule has 1 aliphatic heterocycles. The molecule has 3 aromatic rings. The average molecular weight is 457 g/mol. The Labute approximate surface area is 187 Å². The molecule has 1 N–H and O–H groups in total. The molecule has 0 bridgehead atoms. The lowest BCUT2D eigenvalue weighted by Gasteiger charge is -2.23. The normalized spacial score (nSPS) is 19.2. The van der Waals surface area contributed by atoms with E-state index in [1.165, 1.54) is 12.1 Å². The second-order valence-electron chi connectivity index (χ2n) is 7.67. The topological polar surface area (TPSA) is 67.9 Å². The predicted octanol–water partition coefficient (Wildman–Crippen LogP) is 3.81. The zero-order valence-electron chi connectivity index (χ0n) is 17.6. The van der Waals surface area contributed by atoms with Gasteiger partial charge in [-0.2, -0.15) is 5.06 Å². The maximum Gasteiger partial charge on any atom is 0.219 e. The van der Waals surface area contributed by atoms with Crippen LogP contribution in [-0.2, 0) is 28.0 Å². The third-order valence-electron chi connectivity index (χ3n) is 5.40. The van der Waals surface area contributed by atoms with E-state index in [9.17, 15) is 12.8 Å². The number of nitrogens with zero attached hydrogens (tertiary/aromatic N) is 1. The van der Waals surface area contributed by atoms with Gasteiger partial charge in [-0.05, 0) is 41.0 Å². The van der Waals surface area contributed by atoms with Crippen LogP contribution in [0.1, 0.15) is 22.7 Å². The number of sulfonamides is 1. The monoisotopic (exact) mass is 456 g/mol. The van der Waals surface area contributed by atoms with Crippen molar-refractivity contribution in [3.05, 3.63) is 101 Å². The number of benzene rings is 3. The van der Waals surface area contributed by atoms with Crippen molar-refractivity contribution in [1.82, 2.24) is 9.79 Å². The van der Waals surface area contributed by atoms with Gasteiger partial charge in [-0.1, -0.05) is 54.6 Å². The van der Waals surface area contributed by atoms with Gasteiger partial charge in [-0.25, -0.2) is 17.5 Å². The van der Waals surface area contributed by atoms with Crippen LogP contribution in [-0.4, -0.2) is 32.4 Å². The van der Waals surface area contributed by atoms with Crippen molar-refractivity contribution in [2.45, 2.75) is 24.4 Å². The van der Waals surface area contributed by atoms with Crippen molar-refractivity contribution in [2.24, 2.45) is 0 Å². The number of hydrogen-bond acceptors (Lipinski definition) is 5. The fourth-order valence-corrected chi connectivity index (χ4v) is 5.24. The van der Waals surface area contributed by atoms with Crippen molar-refractivity contribution in [1.29, 1.82) is 0 Å². The van der Waals surface area contributed by atoms with E-state index < -0.39 is 27.1 Å². The van der Waals surface area contributed by atoms with Gasteiger partial charge in [0.15, 0.2) is 0 Å². The van der Waals surface area contributed by atoms with E-state index in [2.05, 4.69) is 4.72 Å². The standard InChI is InChI=1S/C24H25FN2O4S/c1-27-24(20-10-6-12-22(14-20)30-16-18-7-3-2-4-8-18)23(17-31-27)32(28,29)26-15-19-9-5-11-21(25)13-19/h2-14,23-24,26H,15-17H2,1H3/t23-,24-/m0/s1. The lowest BCUT2D eigenvalue weighted by Crippen LogP contribution is -2.39. The van der Waals surface area contributed by atoms with Crippen LogP contribution in [0.15, 0.2) is 78.9 Å². The highest BCUT2D eigenvalue weighted by molar-refractivity contribution is 7.90. The van der Waals surface area contributed by atoms with Gasteiger partial charge >= 0.3 is 0 Å². The van der Waals surface area contributed by atoms with E-state index in [1.54, 1.807) is 24.2 Å². The largest absolute Gasteiger partial charge is 0.489 e. The first-order valence-electron chi connectivity index (χ1n) is 10.3. The molecule has 0 unspecified atom stereocenters. The number of halogens is 1. The highest BCUT2D eigenvalue weighted by atomic mass is 32.2. The minimum absolute atomic E-state index is 0.00720. The van der Waals surface area contributed by atoms with Gasteiger partial charge in [0.1, 0.15) is 23.4 Å². The summed E-state index contributed by atoms with van der Waals surface area (Å²) < 4.78 is 48.1. The van der Waals surface area contributed by atoms with Crippen LogP contribution in [0.2, 0.25) is 0 Å². The molecule has 1 aliphatic rings. The summed E-state index contributed by atoms with van der Waals surface area (Å²) >= 11 is 0. The maximum atomic E-state index is 13.4. The molecule has 4 rings (SSSR count). The minimum atomic E-state index is -3.75. The quantitative estimate of drug-likeness (QED) is 0.558. The first-order valence-corrected chi connectivity index (χ1v) is 11.8. The molecule has 1 saturated heterocycles. The summed E-state index contributed by atoms with van der Waals surface area (Å²) in [5, 5.41) is 0.730. The highest BCUT2D eigenvalue weighted by Gasteiger charge is 2.43. The molecule has 1 fully saturated rings. The van der Waals surface area contributed by atoms with Gasteiger partial charge in [-0.15, -0.1) is 0 Å². The number of hydroxylamine groups is 2. The van der Waals surface area contributed by atoms with Gasteiger partial charge in [0, 0.05) is 13.6 Å². The summed E-state index contributed by atoms with van der Waals surface area (Å²) in [6.07, 6.45) is 0. The fourth-order valence-electron chi connectivity index (χ4n) is 3.75. The van der Waals surface area contributed by atoms with E-state index in [0.717, 1.165) is 11.1 Å². The zero-order chi connectivity index (χ0) is 22.6. The van der Waals surface area contributed by atoms with E-state index in [1.807, 2.05) is 54.6 Å². The third-order valence-corrected chi connectivity index (χ3v) is 7.14. The molecule has 3 aromatic carbocycles. The number of ether oxygens (including phenoxy) is 1. The summed E-state index contributed by atoms with van der Waals surface area (Å²) in [4.78, 5) is 5.57. The summed E-state index contributed by atoms with van der Waals surface area (Å²) in [7, 11) is -2.04. The first kappa shape index (κ1) is 22.4. The number of nitrogens with one attached hydrogen (secondary N) is 1. The summed E-state index contributed by atoms with van der Waals surface area (Å²) in [5.74, 6) is 0.242. The molecule has 0 aromatic heterocycles. The van der Waals surface area contributed by atoms with Crippen LogP contribution >= 0.6 is 0 Å². The molecule has 168 valence electrons. The molecule has 0 radical (unpaired) electrons. The lowest BCUT2D eigenvalue weighted by molar-refractivity contribution is -0.110. The van der Waals surface area contributed by atoms with E-state index in [0.29, 0.717) is 17.9 Å². The summed E-state index contributed by atoms with van der Waals surface area (Å²) in [5.41, 5.74) is 2.37. The summed E-state index contributed by atoms with van der Waals surface area (Å²) in [6, 6.07) is 22.5. The number of hydrogen-bond donors (Lipinski definition) is 1. The average Bonchev–Trinajstić information content (AvgIpc) is 3.20. The zero-order valence-corrected chi connectivity index (χ0v) is 18.5. The molecule has 8 heteroatoms. The smallest absolute Gasteiger partial charge is 0.219 e. The van der Waals surface area contributed by atoms with E-state index in [4.69, 9.17) is 9.57 Å². The minimum Gasteiger partial charge on any atom is -0.489 e. The van der Waals surface area contributed by atoms with Gasteiger partial charge in [-0.3, -0.25) is 4.84 Å². The highest BCUT2D eigenvalue weighted by Crippen LogP contribution is 2.34. The SMILES string of the molecule is CN1OC[C@H](S(=O)(=O)NCc2cccc(F)c2)[C@@H]1c1cccc(OCc2ccccc2)c1. The van der Waals surface area contributed by atoms with Crippen LogP contribution in [0.5, 0.6) is 5.75 Å². The Hall–Kier alpha value is -2.78. The van der Waals surface area contributed by atoms with Crippen LogP contribution in [0.25, 0.3) is 0 Å². The van der Waals surface area contributed by atoms with E-state index in [-0.39, 0.29) is 13.2 Å². The van der Waals surface area contributed by atoms with E-state index >= 15 is 0 Å². The summed E-state index contributed by atoms with van der Waals surface area (Å²) in [6.45, 7) is 0.445. The molecule has 0 amide bonds. The Bertz CT molecular complexity index is 1160. The van der Waals surface area contributed by atoms with Gasteiger partial charge in [0.2, 0.25) is 10.0 Å². The molecule has 0 spiro atoms. The lowest BCUT2D eigenvalue weighted by atomic mass is 10.0. The van der Waals surface area contributed by atoms with Crippen molar-refractivity contribution in [3.8, 4) is 5.75 Å². The van der Waals surface area contributed by atoms with Gasteiger partial charge < -0.3 is 4.74 Å².